The van der Waals surface area contributed by atoms with E-state index < -0.39 is 10.7 Å². The normalized spacial score (nSPS) is 10.2. The van der Waals surface area contributed by atoms with Gasteiger partial charge in [-0.05, 0) is 29.8 Å². The third-order valence-electron chi connectivity index (χ3n) is 2.45. The zero-order valence-corrected chi connectivity index (χ0v) is 9.75. The quantitative estimate of drug-likeness (QED) is 0.679. The van der Waals surface area contributed by atoms with Crippen LogP contribution in [0.5, 0.6) is 11.5 Å². The summed E-state index contributed by atoms with van der Waals surface area (Å²) >= 11 is 0. The molecule has 0 aliphatic rings. The van der Waals surface area contributed by atoms with Gasteiger partial charge in [-0.15, -0.1) is 0 Å². The molecule has 2 aromatic rings. The predicted molar refractivity (Wildman–Crippen MR) is 65.5 cm³/mol. The van der Waals surface area contributed by atoms with E-state index in [2.05, 4.69) is 0 Å². The van der Waals surface area contributed by atoms with Gasteiger partial charge in [0.15, 0.2) is 11.6 Å². The van der Waals surface area contributed by atoms with Gasteiger partial charge in [-0.2, -0.15) is 0 Å². The first-order chi connectivity index (χ1) is 9.10. The largest absolute Gasteiger partial charge is 0.454 e. The summed E-state index contributed by atoms with van der Waals surface area (Å²) < 4.78 is 18.9. The molecular weight excluding hydrogens is 253 g/mol. The van der Waals surface area contributed by atoms with Crippen molar-refractivity contribution in [2.75, 3.05) is 0 Å². The highest BCUT2D eigenvalue weighted by Crippen LogP contribution is 2.26. The van der Waals surface area contributed by atoms with E-state index in [1.165, 1.54) is 42.5 Å². The average molecular weight is 263 g/mol. The number of aliphatic hydroxyl groups excluding tert-OH is 1. The molecule has 2 aromatic carbocycles. The maximum absolute atomic E-state index is 13.6. The number of non-ortho nitro benzene ring substituents is 1. The van der Waals surface area contributed by atoms with Crippen molar-refractivity contribution < 1.29 is 19.2 Å². The Bertz CT molecular complexity index is 598. The van der Waals surface area contributed by atoms with Crippen LogP contribution < -0.4 is 4.74 Å². The minimum atomic E-state index is -0.607. The number of nitrogens with zero attached hydrogens (tertiary/aromatic N) is 1. The number of nitro groups is 1. The SMILES string of the molecule is O=[N+]([O-])c1ccc(Oc2ccc(CO)cc2F)cc1. The van der Waals surface area contributed by atoms with Crippen LogP contribution in [0.15, 0.2) is 42.5 Å². The zero-order chi connectivity index (χ0) is 13.8. The molecule has 0 aliphatic carbocycles. The number of ether oxygens (including phenoxy) is 1. The molecule has 0 aromatic heterocycles. The van der Waals surface area contributed by atoms with Gasteiger partial charge in [0.2, 0.25) is 0 Å². The Hall–Kier alpha value is -2.47. The number of nitro benzene ring substituents is 1. The first kappa shape index (κ1) is 13.0. The summed E-state index contributed by atoms with van der Waals surface area (Å²) in [4.78, 5) is 9.95. The van der Waals surface area contributed by atoms with Gasteiger partial charge in [0.05, 0.1) is 11.5 Å². The number of halogens is 1. The molecular formula is C13H10FNO4. The molecule has 0 fully saturated rings. The smallest absolute Gasteiger partial charge is 0.269 e. The summed E-state index contributed by atoms with van der Waals surface area (Å²) in [5, 5.41) is 19.3. The number of rotatable bonds is 4. The van der Waals surface area contributed by atoms with Gasteiger partial charge in [-0.3, -0.25) is 10.1 Å². The van der Waals surface area contributed by atoms with Crippen molar-refractivity contribution in [2.45, 2.75) is 6.61 Å². The molecule has 5 nitrogen and oxygen atoms in total. The van der Waals surface area contributed by atoms with Gasteiger partial charge in [0.25, 0.3) is 5.69 Å². The van der Waals surface area contributed by atoms with E-state index in [0.29, 0.717) is 11.3 Å². The second-order valence-electron chi connectivity index (χ2n) is 3.78. The maximum Gasteiger partial charge on any atom is 0.269 e. The Morgan fingerprint density at radius 3 is 2.42 bits per heavy atom. The summed E-state index contributed by atoms with van der Waals surface area (Å²) in [7, 11) is 0. The lowest BCUT2D eigenvalue weighted by Crippen LogP contribution is -1.92. The van der Waals surface area contributed by atoms with Crippen molar-refractivity contribution in [1.29, 1.82) is 0 Å². The maximum atomic E-state index is 13.6. The topological polar surface area (TPSA) is 72.6 Å². The molecule has 98 valence electrons. The van der Waals surface area contributed by atoms with Gasteiger partial charge in [0, 0.05) is 12.1 Å². The van der Waals surface area contributed by atoms with Crippen LogP contribution in [0.25, 0.3) is 0 Å². The van der Waals surface area contributed by atoms with Crippen molar-refractivity contribution in [3.8, 4) is 11.5 Å². The molecule has 0 unspecified atom stereocenters. The monoisotopic (exact) mass is 263 g/mol. The van der Waals surface area contributed by atoms with Crippen LogP contribution in [0.1, 0.15) is 5.56 Å². The summed E-state index contributed by atoms with van der Waals surface area (Å²) in [5.74, 6) is -0.322. The van der Waals surface area contributed by atoms with Crippen molar-refractivity contribution in [1.82, 2.24) is 0 Å². The van der Waals surface area contributed by atoms with E-state index in [4.69, 9.17) is 9.84 Å². The highest BCUT2D eigenvalue weighted by Gasteiger charge is 2.08. The number of hydrogen-bond donors (Lipinski definition) is 1. The van der Waals surface area contributed by atoms with Crippen molar-refractivity contribution in [2.24, 2.45) is 0 Å². The third kappa shape index (κ3) is 3.05. The van der Waals surface area contributed by atoms with Crippen LogP contribution in [0, 0.1) is 15.9 Å². The van der Waals surface area contributed by atoms with Gasteiger partial charge in [-0.25, -0.2) is 4.39 Å². The zero-order valence-electron chi connectivity index (χ0n) is 9.75. The number of benzene rings is 2. The lowest BCUT2D eigenvalue weighted by Gasteiger charge is -2.07. The van der Waals surface area contributed by atoms with Crippen LogP contribution >= 0.6 is 0 Å². The second-order valence-corrected chi connectivity index (χ2v) is 3.78. The van der Waals surface area contributed by atoms with Crippen molar-refractivity contribution in [3.63, 3.8) is 0 Å². The molecule has 0 atom stereocenters. The fraction of sp³-hybridized carbons (Fsp3) is 0.0769. The minimum Gasteiger partial charge on any atom is -0.454 e. The third-order valence-corrected chi connectivity index (χ3v) is 2.45. The Kier molecular flexibility index (Phi) is 3.72. The summed E-state index contributed by atoms with van der Waals surface area (Å²) in [5.41, 5.74) is 0.372. The van der Waals surface area contributed by atoms with Crippen molar-refractivity contribution in [3.05, 3.63) is 64.0 Å². The molecule has 0 saturated heterocycles. The van der Waals surface area contributed by atoms with Crippen LogP contribution in [-0.2, 0) is 6.61 Å². The van der Waals surface area contributed by atoms with Crippen LogP contribution in [0.2, 0.25) is 0 Å². The molecule has 0 saturated carbocycles. The number of hydrogen-bond acceptors (Lipinski definition) is 4. The van der Waals surface area contributed by atoms with E-state index in [1.807, 2.05) is 0 Å². The van der Waals surface area contributed by atoms with Gasteiger partial charge in [-0.1, -0.05) is 6.07 Å². The molecule has 0 spiro atoms. The molecule has 2 rings (SSSR count). The van der Waals surface area contributed by atoms with E-state index >= 15 is 0 Å². The highest BCUT2D eigenvalue weighted by molar-refractivity contribution is 5.39. The van der Waals surface area contributed by atoms with E-state index in [-0.39, 0.29) is 18.0 Å². The average Bonchev–Trinajstić information content (AvgIpc) is 2.41. The second kappa shape index (κ2) is 5.45. The molecule has 0 amide bonds. The molecule has 1 N–H and O–H groups in total. The van der Waals surface area contributed by atoms with Crippen molar-refractivity contribution >= 4 is 5.69 Å². The van der Waals surface area contributed by atoms with E-state index in [1.54, 1.807) is 0 Å². The Morgan fingerprint density at radius 2 is 1.89 bits per heavy atom. The van der Waals surface area contributed by atoms with Crippen LogP contribution in [0.4, 0.5) is 10.1 Å². The fourth-order valence-corrected chi connectivity index (χ4v) is 1.49. The fourth-order valence-electron chi connectivity index (χ4n) is 1.49. The lowest BCUT2D eigenvalue weighted by molar-refractivity contribution is -0.384. The Morgan fingerprint density at radius 1 is 1.21 bits per heavy atom. The molecule has 6 heteroatoms. The molecule has 19 heavy (non-hydrogen) atoms. The molecule has 0 bridgehead atoms. The predicted octanol–water partition coefficient (Wildman–Crippen LogP) is 3.02. The first-order valence-corrected chi connectivity index (χ1v) is 5.42. The van der Waals surface area contributed by atoms with Gasteiger partial charge in [0.1, 0.15) is 5.75 Å². The molecule has 0 heterocycles. The summed E-state index contributed by atoms with van der Waals surface area (Å²) in [6.07, 6.45) is 0. The number of aliphatic hydroxyl groups is 1. The van der Waals surface area contributed by atoms with Gasteiger partial charge >= 0.3 is 0 Å². The lowest BCUT2D eigenvalue weighted by atomic mass is 10.2. The summed E-state index contributed by atoms with van der Waals surface area (Å²) in [6.45, 7) is -0.255. The van der Waals surface area contributed by atoms with Crippen LogP contribution in [-0.4, -0.2) is 10.0 Å². The highest BCUT2D eigenvalue weighted by atomic mass is 19.1. The molecule has 0 aliphatic heterocycles. The van der Waals surface area contributed by atoms with E-state index in [9.17, 15) is 14.5 Å². The minimum absolute atomic E-state index is 0.00828. The Labute approximate surface area is 108 Å². The van der Waals surface area contributed by atoms with Gasteiger partial charge < -0.3 is 9.84 Å². The van der Waals surface area contributed by atoms with E-state index in [0.717, 1.165) is 0 Å². The van der Waals surface area contributed by atoms with Crippen LogP contribution in [0.3, 0.4) is 0 Å². The first-order valence-electron chi connectivity index (χ1n) is 5.42. The summed E-state index contributed by atoms with van der Waals surface area (Å²) in [6, 6.07) is 9.41. The molecule has 0 radical (unpaired) electrons. The Balaban J connectivity index is 2.19. The standard InChI is InChI=1S/C13H10FNO4/c14-12-7-9(8-16)1-6-13(12)19-11-4-2-10(3-5-11)15(17)18/h1-7,16H,8H2.